The molecule has 1 fully saturated rings. The number of hydrogen-bond donors (Lipinski definition) is 0. The minimum atomic E-state index is -4.37. The van der Waals surface area contributed by atoms with E-state index in [9.17, 15) is 18.0 Å². The van der Waals surface area contributed by atoms with Crippen LogP contribution in [0.1, 0.15) is 28.8 Å². The average molecular weight is 336 g/mol. The Bertz CT molecular complexity index is 497. The third kappa shape index (κ3) is 3.72. The largest absolute Gasteiger partial charge is 0.406 e. The monoisotopic (exact) mass is 335 g/mol. The molecule has 0 atom stereocenters. The Morgan fingerprint density at radius 3 is 2.53 bits per heavy atom. The summed E-state index contributed by atoms with van der Waals surface area (Å²) in [7, 11) is 0. The molecule has 0 aromatic heterocycles. The van der Waals surface area contributed by atoms with Crippen LogP contribution in [-0.4, -0.2) is 29.6 Å². The lowest BCUT2D eigenvalue weighted by atomic mass is 10.1. The summed E-state index contributed by atoms with van der Waals surface area (Å²) in [5, 5.41) is 0. The summed E-state index contributed by atoms with van der Waals surface area (Å²) in [6.07, 6.45) is -3.08. The first-order valence-electron chi connectivity index (χ1n) is 5.92. The summed E-state index contributed by atoms with van der Waals surface area (Å²) in [6.45, 7) is 0.671. The van der Waals surface area contributed by atoms with Crippen molar-refractivity contribution < 1.29 is 18.0 Å². The van der Waals surface area contributed by atoms with Gasteiger partial charge in [-0.05, 0) is 53.4 Å². The van der Waals surface area contributed by atoms with Gasteiger partial charge in [-0.2, -0.15) is 13.2 Å². The van der Waals surface area contributed by atoms with Crippen molar-refractivity contribution in [3.63, 3.8) is 0 Å². The summed E-state index contributed by atoms with van der Waals surface area (Å²) in [5.41, 5.74) is 1.22. The highest BCUT2D eigenvalue weighted by Crippen LogP contribution is 2.32. The maximum atomic E-state index is 12.5. The highest BCUT2D eigenvalue weighted by atomic mass is 79.9. The molecule has 0 bridgehead atoms. The third-order valence-corrected chi connectivity index (χ3v) is 3.61. The molecule has 19 heavy (non-hydrogen) atoms. The van der Waals surface area contributed by atoms with Crippen LogP contribution in [0.3, 0.4) is 0 Å². The molecule has 2 nitrogen and oxygen atoms in total. The van der Waals surface area contributed by atoms with Gasteiger partial charge in [-0.3, -0.25) is 4.79 Å². The van der Waals surface area contributed by atoms with Gasteiger partial charge < -0.3 is 4.90 Å². The molecule has 0 saturated heterocycles. The van der Waals surface area contributed by atoms with Gasteiger partial charge in [0.25, 0.3) is 5.91 Å². The van der Waals surface area contributed by atoms with Crippen LogP contribution in [0, 0.1) is 6.92 Å². The molecular weight excluding hydrogens is 323 g/mol. The Hall–Kier alpha value is -1.04. The second-order valence-electron chi connectivity index (χ2n) is 4.76. The molecule has 1 aliphatic carbocycles. The number of alkyl halides is 3. The van der Waals surface area contributed by atoms with Crippen molar-refractivity contribution in [1.29, 1.82) is 0 Å². The van der Waals surface area contributed by atoms with Crippen molar-refractivity contribution in [2.45, 2.75) is 32.0 Å². The maximum absolute atomic E-state index is 12.5. The molecule has 104 valence electrons. The topological polar surface area (TPSA) is 20.3 Å². The van der Waals surface area contributed by atoms with E-state index in [0.29, 0.717) is 17.3 Å². The first-order chi connectivity index (χ1) is 8.78. The molecule has 1 saturated carbocycles. The normalized spacial score (nSPS) is 15.4. The number of hydrogen-bond acceptors (Lipinski definition) is 1. The molecule has 1 aliphatic rings. The Labute approximate surface area is 117 Å². The molecule has 1 aromatic carbocycles. The summed E-state index contributed by atoms with van der Waals surface area (Å²) >= 11 is 3.24. The second kappa shape index (κ2) is 5.15. The molecule has 1 amide bonds. The summed E-state index contributed by atoms with van der Waals surface area (Å²) in [6, 6.07) is 4.73. The second-order valence-corrected chi connectivity index (χ2v) is 5.62. The zero-order valence-corrected chi connectivity index (χ0v) is 11.9. The maximum Gasteiger partial charge on any atom is 0.406 e. The number of halogens is 4. The summed E-state index contributed by atoms with van der Waals surface area (Å²) in [5.74, 6) is -0.563. The fourth-order valence-corrected chi connectivity index (χ4v) is 2.56. The number of carbonyl (C=O) groups is 1. The van der Waals surface area contributed by atoms with E-state index in [-0.39, 0.29) is 11.6 Å². The standard InChI is InChI=1S/C13H13BrF3NO/c1-8-2-5-10(11(14)6-8)12(19)18(9-3-4-9)7-13(15,16)17/h2,5-6,9H,3-4,7H2,1H3. The molecular formula is C13H13BrF3NO. The smallest absolute Gasteiger partial charge is 0.327 e. The van der Waals surface area contributed by atoms with Crippen LogP contribution >= 0.6 is 15.9 Å². The van der Waals surface area contributed by atoms with Gasteiger partial charge in [-0.1, -0.05) is 6.07 Å². The summed E-state index contributed by atoms with van der Waals surface area (Å²) in [4.78, 5) is 13.2. The van der Waals surface area contributed by atoms with Crippen LogP contribution in [0.4, 0.5) is 13.2 Å². The van der Waals surface area contributed by atoms with Crippen molar-refractivity contribution in [1.82, 2.24) is 4.90 Å². The van der Waals surface area contributed by atoms with Gasteiger partial charge in [0.15, 0.2) is 0 Å². The van der Waals surface area contributed by atoms with Gasteiger partial charge in [0.1, 0.15) is 6.54 Å². The van der Waals surface area contributed by atoms with Crippen LogP contribution in [0.15, 0.2) is 22.7 Å². The van der Waals surface area contributed by atoms with Crippen LogP contribution in [0.5, 0.6) is 0 Å². The van der Waals surface area contributed by atoms with E-state index in [4.69, 9.17) is 0 Å². The third-order valence-electron chi connectivity index (χ3n) is 2.95. The fraction of sp³-hybridized carbons (Fsp3) is 0.462. The van der Waals surface area contributed by atoms with Crippen LogP contribution in [0.2, 0.25) is 0 Å². The lowest BCUT2D eigenvalue weighted by Crippen LogP contribution is -2.40. The average Bonchev–Trinajstić information content (AvgIpc) is 3.07. The number of rotatable bonds is 3. The molecule has 0 aliphatic heterocycles. The molecule has 1 aromatic rings. The first-order valence-corrected chi connectivity index (χ1v) is 6.71. The van der Waals surface area contributed by atoms with E-state index in [1.165, 1.54) is 0 Å². The Morgan fingerprint density at radius 2 is 2.05 bits per heavy atom. The zero-order valence-electron chi connectivity index (χ0n) is 10.3. The molecule has 0 radical (unpaired) electrons. The Balaban J connectivity index is 2.24. The lowest BCUT2D eigenvalue weighted by Gasteiger charge is -2.24. The molecule has 6 heteroatoms. The predicted molar refractivity (Wildman–Crippen MR) is 69.0 cm³/mol. The van der Waals surface area contributed by atoms with Crippen molar-refractivity contribution in [3.05, 3.63) is 33.8 Å². The number of aryl methyl sites for hydroxylation is 1. The van der Waals surface area contributed by atoms with Crippen LogP contribution < -0.4 is 0 Å². The molecule has 0 heterocycles. The molecule has 0 N–H and O–H groups in total. The van der Waals surface area contributed by atoms with E-state index in [0.717, 1.165) is 10.5 Å². The Morgan fingerprint density at radius 1 is 1.42 bits per heavy atom. The van der Waals surface area contributed by atoms with E-state index >= 15 is 0 Å². The first kappa shape index (κ1) is 14.4. The van der Waals surface area contributed by atoms with Gasteiger partial charge in [-0.25, -0.2) is 0 Å². The molecule has 0 unspecified atom stereocenters. The number of nitrogens with zero attached hydrogens (tertiary/aromatic N) is 1. The quantitative estimate of drug-likeness (QED) is 0.819. The van der Waals surface area contributed by atoms with E-state index in [1.54, 1.807) is 18.2 Å². The summed E-state index contributed by atoms with van der Waals surface area (Å²) < 4.78 is 38.1. The lowest BCUT2D eigenvalue weighted by molar-refractivity contribution is -0.141. The van der Waals surface area contributed by atoms with Gasteiger partial charge in [0, 0.05) is 10.5 Å². The SMILES string of the molecule is Cc1ccc(C(=O)N(CC(F)(F)F)C2CC2)c(Br)c1. The van der Waals surface area contributed by atoms with Crippen molar-refractivity contribution in [2.24, 2.45) is 0 Å². The zero-order chi connectivity index (χ0) is 14.2. The van der Waals surface area contributed by atoms with Crippen molar-refractivity contribution in [2.75, 3.05) is 6.54 Å². The van der Waals surface area contributed by atoms with Crippen LogP contribution in [0.25, 0.3) is 0 Å². The number of carbonyl (C=O) groups excluding carboxylic acids is 1. The molecule has 2 rings (SSSR count). The highest BCUT2D eigenvalue weighted by Gasteiger charge is 2.41. The minimum absolute atomic E-state index is 0.276. The highest BCUT2D eigenvalue weighted by molar-refractivity contribution is 9.10. The van der Waals surface area contributed by atoms with Gasteiger partial charge in [0.2, 0.25) is 0 Å². The van der Waals surface area contributed by atoms with Gasteiger partial charge in [-0.15, -0.1) is 0 Å². The fourth-order valence-electron chi connectivity index (χ4n) is 1.89. The van der Waals surface area contributed by atoms with Crippen molar-refractivity contribution >= 4 is 21.8 Å². The van der Waals surface area contributed by atoms with Crippen molar-refractivity contribution in [3.8, 4) is 0 Å². The van der Waals surface area contributed by atoms with E-state index in [2.05, 4.69) is 15.9 Å². The van der Waals surface area contributed by atoms with E-state index < -0.39 is 18.6 Å². The Kier molecular flexibility index (Phi) is 3.90. The van der Waals surface area contributed by atoms with E-state index in [1.807, 2.05) is 6.92 Å². The van der Waals surface area contributed by atoms with Crippen LogP contribution in [-0.2, 0) is 0 Å². The predicted octanol–water partition coefficient (Wildman–Crippen LogP) is 3.92. The van der Waals surface area contributed by atoms with Gasteiger partial charge >= 0.3 is 6.18 Å². The number of benzene rings is 1. The van der Waals surface area contributed by atoms with Gasteiger partial charge in [0.05, 0.1) is 5.56 Å². The number of amides is 1. The molecule has 0 spiro atoms. The minimum Gasteiger partial charge on any atom is -0.327 e.